The molecule has 0 bridgehead atoms. The highest BCUT2D eigenvalue weighted by Crippen LogP contribution is 2.44. The van der Waals surface area contributed by atoms with E-state index >= 15 is 0 Å². The van der Waals surface area contributed by atoms with E-state index in [1.807, 2.05) is 18.2 Å². The highest BCUT2D eigenvalue weighted by molar-refractivity contribution is 7.99. The van der Waals surface area contributed by atoms with Crippen LogP contribution < -0.4 is 5.32 Å². The SMILES string of the molecule is OCC(CSc1cccc(Cl)c1)(NC1CC1)C1CC1. The van der Waals surface area contributed by atoms with E-state index in [-0.39, 0.29) is 12.1 Å². The number of aliphatic hydroxyl groups excluding tert-OH is 1. The number of aliphatic hydroxyl groups is 1. The summed E-state index contributed by atoms with van der Waals surface area (Å²) in [5.41, 5.74) is -0.0891. The summed E-state index contributed by atoms with van der Waals surface area (Å²) in [7, 11) is 0. The summed E-state index contributed by atoms with van der Waals surface area (Å²) in [5, 5.41) is 14.4. The second-order valence-electron chi connectivity index (χ2n) is 5.75. The molecule has 0 aliphatic heterocycles. The average molecular weight is 298 g/mol. The van der Waals surface area contributed by atoms with Crippen molar-refractivity contribution in [3.8, 4) is 0 Å². The molecule has 0 spiro atoms. The summed E-state index contributed by atoms with van der Waals surface area (Å²) in [4.78, 5) is 1.18. The van der Waals surface area contributed by atoms with E-state index in [1.54, 1.807) is 11.8 Å². The summed E-state index contributed by atoms with van der Waals surface area (Å²) >= 11 is 7.82. The van der Waals surface area contributed by atoms with Crippen molar-refractivity contribution < 1.29 is 5.11 Å². The van der Waals surface area contributed by atoms with Crippen molar-refractivity contribution in [2.24, 2.45) is 5.92 Å². The molecular weight excluding hydrogens is 278 g/mol. The smallest absolute Gasteiger partial charge is 0.0624 e. The molecule has 2 N–H and O–H groups in total. The van der Waals surface area contributed by atoms with Crippen molar-refractivity contribution in [1.82, 2.24) is 5.32 Å². The van der Waals surface area contributed by atoms with Gasteiger partial charge in [0.05, 0.1) is 12.1 Å². The van der Waals surface area contributed by atoms with E-state index in [2.05, 4.69) is 11.4 Å². The topological polar surface area (TPSA) is 32.3 Å². The van der Waals surface area contributed by atoms with Crippen LogP contribution in [-0.2, 0) is 0 Å². The Bertz CT molecular complexity index is 448. The fourth-order valence-electron chi connectivity index (χ4n) is 2.54. The van der Waals surface area contributed by atoms with Crippen LogP contribution in [-0.4, -0.2) is 29.0 Å². The first-order chi connectivity index (χ1) is 9.22. The lowest BCUT2D eigenvalue weighted by Crippen LogP contribution is -2.53. The molecule has 1 unspecified atom stereocenters. The maximum Gasteiger partial charge on any atom is 0.0624 e. The van der Waals surface area contributed by atoms with Gasteiger partial charge in [0.25, 0.3) is 0 Å². The average Bonchev–Trinajstić information content (AvgIpc) is 3.27. The molecule has 2 aliphatic carbocycles. The minimum Gasteiger partial charge on any atom is -0.394 e. The monoisotopic (exact) mass is 297 g/mol. The van der Waals surface area contributed by atoms with Crippen LogP contribution in [0, 0.1) is 5.92 Å². The van der Waals surface area contributed by atoms with E-state index in [4.69, 9.17) is 11.6 Å². The normalized spacial score (nSPS) is 22.2. The van der Waals surface area contributed by atoms with Gasteiger partial charge < -0.3 is 10.4 Å². The van der Waals surface area contributed by atoms with E-state index in [0.29, 0.717) is 12.0 Å². The van der Waals surface area contributed by atoms with Gasteiger partial charge in [-0.3, -0.25) is 0 Å². The van der Waals surface area contributed by atoms with Gasteiger partial charge in [0.1, 0.15) is 0 Å². The number of hydrogen-bond acceptors (Lipinski definition) is 3. The first-order valence-electron chi connectivity index (χ1n) is 6.99. The molecule has 0 amide bonds. The maximum atomic E-state index is 9.89. The van der Waals surface area contributed by atoms with Gasteiger partial charge in [0, 0.05) is 21.7 Å². The predicted molar refractivity (Wildman–Crippen MR) is 80.9 cm³/mol. The highest BCUT2D eigenvalue weighted by Gasteiger charge is 2.47. The first kappa shape index (κ1) is 13.7. The van der Waals surface area contributed by atoms with E-state index < -0.39 is 0 Å². The fraction of sp³-hybridized carbons (Fsp3) is 0.600. The van der Waals surface area contributed by atoms with E-state index in [1.165, 1.54) is 30.6 Å². The Morgan fingerprint density at radius 2 is 2.11 bits per heavy atom. The van der Waals surface area contributed by atoms with Crippen molar-refractivity contribution in [3.05, 3.63) is 29.3 Å². The quantitative estimate of drug-likeness (QED) is 0.757. The fourth-order valence-corrected chi connectivity index (χ4v) is 4.01. The number of halogens is 1. The van der Waals surface area contributed by atoms with E-state index in [9.17, 15) is 5.11 Å². The zero-order valence-corrected chi connectivity index (χ0v) is 12.5. The van der Waals surface area contributed by atoms with Gasteiger partial charge in [-0.1, -0.05) is 17.7 Å². The Morgan fingerprint density at radius 3 is 2.68 bits per heavy atom. The van der Waals surface area contributed by atoms with Crippen LogP contribution in [0.2, 0.25) is 5.02 Å². The van der Waals surface area contributed by atoms with Crippen LogP contribution in [0.25, 0.3) is 0 Å². The molecule has 1 aromatic carbocycles. The Kier molecular flexibility index (Phi) is 4.08. The summed E-state index contributed by atoms with van der Waals surface area (Å²) < 4.78 is 0. The third kappa shape index (κ3) is 3.46. The lowest BCUT2D eigenvalue weighted by molar-refractivity contribution is 0.157. The van der Waals surface area contributed by atoms with Gasteiger partial charge >= 0.3 is 0 Å². The molecule has 2 fully saturated rings. The summed E-state index contributed by atoms with van der Waals surface area (Å²) in [6.07, 6.45) is 5.01. The van der Waals surface area contributed by atoms with Gasteiger partial charge in [-0.25, -0.2) is 0 Å². The van der Waals surface area contributed by atoms with Crippen LogP contribution in [0.1, 0.15) is 25.7 Å². The maximum absolute atomic E-state index is 9.89. The summed E-state index contributed by atoms with van der Waals surface area (Å²) in [6, 6.07) is 8.60. The lowest BCUT2D eigenvalue weighted by atomic mass is 9.96. The van der Waals surface area contributed by atoms with Crippen LogP contribution >= 0.6 is 23.4 Å². The molecule has 2 saturated carbocycles. The zero-order valence-electron chi connectivity index (χ0n) is 10.9. The van der Waals surface area contributed by atoms with Crippen molar-refractivity contribution >= 4 is 23.4 Å². The Balaban J connectivity index is 1.66. The van der Waals surface area contributed by atoms with Gasteiger partial charge in [0.15, 0.2) is 0 Å². The zero-order chi connectivity index (χ0) is 13.3. The molecule has 104 valence electrons. The summed E-state index contributed by atoms with van der Waals surface area (Å²) in [5.74, 6) is 1.56. The second-order valence-corrected chi connectivity index (χ2v) is 7.24. The first-order valence-corrected chi connectivity index (χ1v) is 8.35. The number of nitrogens with one attached hydrogen (secondary N) is 1. The molecule has 0 aromatic heterocycles. The van der Waals surface area contributed by atoms with Crippen molar-refractivity contribution in [1.29, 1.82) is 0 Å². The Morgan fingerprint density at radius 1 is 1.32 bits per heavy atom. The number of thioether (sulfide) groups is 1. The molecule has 2 aliphatic rings. The van der Waals surface area contributed by atoms with Crippen molar-refractivity contribution in [3.63, 3.8) is 0 Å². The second kappa shape index (κ2) is 5.65. The van der Waals surface area contributed by atoms with Gasteiger partial charge in [0.2, 0.25) is 0 Å². The molecule has 19 heavy (non-hydrogen) atoms. The largest absolute Gasteiger partial charge is 0.394 e. The third-order valence-corrected chi connectivity index (χ3v) is 5.48. The number of benzene rings is 1. The molecule has 3 rings (SSSR count). The molecule has 0 saturated heterocycles. The molecular formula is C15H20ClNOS. The van der Waals surface area contributed by atoms with Crippen LogP contribution in [0.5, 0.6) is 0 Å². The Hall–Kier alpha value is -0.220. The minimum atomic E-state index is -0.0891. The Labute approximate surface area is 123 Å². The van der Waals surface area contributed by atoms with Crippen LogP contribution in [0.3, 0.4) is 0 Å². The van der Waals surface area contributed by atoms with Crippen molar-refractivity contribution in [2.45, 2.75) is 42.2 Å². The number of rotatable bonds is 7. The van der Waals surface area contributed by atoms with Gasteiger partial charge in [-0.05, 0) is 49.8 Å². The highest BCUT2D eigenvalue weighted by atomic mass is 35.5. The van der Waals surface area contributed by atoms with E-state index in [0.717, 1.165) is 10.8 Å². The van der Waals surface area contributed by atoms with Crippen molar-refractivity contribution in [2.75, 3.05) is 12.4 Å². The van der Waals surface area contributed by atoms with Crippen LogP contribution in [0.4, 0.5) is 0 Å². The number of hydrogen-bond donors (Lipinski definition) is 2. The van der Waals surface area contributed by atoms with Gasteiger partial charge in [-0.2, -0.15) is 0 Å². The predicted octanol–water partition coefficient (Wildman–Crippen LogP) is 3.33. The molecule has 2 nitrogen and oxygen atoms in total. The molecule has 1 aromatic rings. The van der Waals surface area contributed by atoms with Crippen LogP contribution in [0.15, 0.2) is 29.2 Å². The third-order valence-electron chi connectivity index (χ3n) is 4.00. The summed E-state index contributed by atoms with van der Waals surface area (Å²) in [6.45, 7) is 0.238. The minimum absolute atomic E-state index is 0.0891. The molecule has 0 heterocycles. The van der Waals surface area contributed by atoms with Gasteiger partial charge in [-0.15, -0.1) is 11.8 Å². The molecule has 4 heteroatoms. The molecule has 1 atom stereocenters. The lowest BCUT2D eigenvalue weighted by Gasteiger charge is -2.33. The molecule has 0 radical (unpaired) electrons. The standard InChI is InChI=1S/C15H20ClNOS/c16-12-2-1-3-14(8-12)19-10-15(9-18,11-4-5-11)17-13-6-7-13/h1-3,8,11,13,17-18H,4-7,9-10H2.